The molecule has 2 atom stereocenters. The summed E-state index contributed by atoms with van der Waals surface area (Å²) in [7, 11) is -1.74. The molecule has 176 valence electrons. The molecule has 0 aromatic rings. The molecule has 0 aromatic heterocycles. The van der Waals surface area contributed by atoms with Crippen LogP contribution < -0.4 is 0 Å². The summed E-state index contributed by atoms with van der Waals surface area (Å²) in [5.41, 5.74) is 2.36. The molecule has 3 aliphatic rings. The number of hydrogen-bond acceptors (Lipinski definition) is 4. The fraction of sp³-hybridized carbons (Fsp3) is 1.00. The Kier molecular flexibility index (Phi) is 8.50. The molecule has 3 rings (SSSR count). The van der Waals surface area contributed by atoms with E-state index >= 15 is 0 Å². The molecule has 0 N–H and O–H groups in total. The normalized spacial score (nSPS) is 29.5. The minimum Gasteiger partial charge on any atom is -0.416 e. The van der Waals surface area contributed by atoms with Crippen molar-refractivity contribution in [3.63, 3.8) is 0 Å². The van der Waals surface area contributed by atoms with Gasteiger partial charge in [-0.05, 0) is 68.0 Å². The maximum absolute atomic E-state index is 6.92. The van der Waals surface area contributed by atoms with Crippen molar-refractivity contribution < 1.29 is 4.43 Å². The Morgan fingerprint density at radius 1 is 0.800 bits per heavy atom. The smallest absolute Gasteiger partial charge is 0.200 e. The third kappa shape index (κ3) is 5.01. The Labute approximate surface area is 188 Å². The zero-order valence-electron chi connectivity index (χ0n) is 21.3. The van der Waals surface area contributed by atoms with Crippen LogP contribution in [0.25, 0.3) is 0 Å². The van der Waals surface area contributed by atoms with Gasteiger partial charge in [0.1, 0.15) is 0 Å². The molecule has 5 heteroatoms. The topological polar surface area (TPSA) is 19.0 Å². The van der Waals surface area contributed by atoms with Crippen LogP contribution in [-0.2, 0) is 4.43 Å². The van der Waals surface area contributed by atoms with E-state index in [9.17, 15) is 0 Å². The molecule has 1 aliphatic carbocycles. The monoisotopic (exact) mass is 437 g/mol. The first kappa shape index (κ1) is 24.7. The number of hydrogen-bond donors (Lipinski definition) is 0. The Bertz CT molecular complexity index is 489. The van der Waals surface area contributed by atoms with Crippen LogP contribution in [0.4, 0.5) is 0 Å². The van der Waals surface area contributed by atoms with Crippen molar-refractivity contribution in [2.24, 2.45) is 5.92 Å². The third-order valence-corrected chi connectivity index (χ3v) is 14.7. The Morgan fingerprint density at radius 2 is 1.23 bits per heavy atom. The molecule has 0 bridgehead atoms. The van der Waals surface area contributed by atoms with E-state index < -0.39 is 8.32 Å². The van der Waals surface area contributed by atoms with E-state index in [1.165, 1.54) is 77.5 Å². The van der Waals surface area contributed by atoms with E-state index in [0.29, 0.717) is 22.2 Å². The van der Waals surface area contributed by atoms with Crippen LogP contribution in [0.1, 0.15) is 99.8 Å². The molecule has 0 radical (unpaired) electrons. The number of hydrazine groups is 2. The van der Waals surface area contributed by atoms with Crippen molar-refractivity contribution in [1.29, 1.82) is 0 Å². The summed E-state index contributed by atoms with van der Waals surface area (Å²) in [5, 5.41) is 8.20. The first-order valence-electron chi connectivity index (χ1n) is 13.2. The van der Waals surface area contributed by atoms with E-state index in [4.69, 9.17) is 4.43 Å². The molecule has 2 heterocycles. The van der Waals surface area contributed by atoms with Gasteiger partial charge < -0.3 is 4.43 Å². The first-order valence-corrected chi connectivity index (χ1v) is 15.3. The lowest BCUT2D eigenvalue weighted by molar-refractivity contribution is -0.232. The van der Waals surface area contributed by atoms with Gasteiger partial charge in [-0.15, -0.1) is 0 Å². The fourth-order valence-electron chi connectivity index (χ4n) is 6.93. The second-order valence-electron chi connectivity index (χ2n) is 11.5. The number of piperidine rings is 2. The molecule has 2 aliphatic heterocycles. The molecule has 1 unspecified atom stereocenters. The van der Waals surface area contributed by atoms with Gasteiger partial charge in [0.15, 0.2) is 8.32 Å². The SMILES string of the molecule is CC(C)[Si](OCCC1C[C@]1(C)N(N1CCCCC1)N1CCCCC1)(C(C)C)C(C)C. The van der Waals surface area contributed by atoms with Crippen LogP contribution in [0, 0.1) is 5.92 Å². The lowest BCUT2D eigenvalue weighted by Crippen LogP contribution is -2.61. The van der Waals surface area contributed by atoms with E-state index in [1.54, 1.807) is 0 Å². The summed E-state index contributed by atoms with van der Waals surface area (Å²) in [6.45, 7) is 22.9. The molecule has 0 amide bonds. The molecular weight excluding hydrogens is 386 g/mol. The van der Waals surface area contributed by atoms with Crippen LogP contribution in [0.2, 0.25) is 16.6 Å². The van der Waals surface area contributed by atoms with E-state index in [0.717, 1.165) is 12.5 Å². The third-order valence-electron chi connectivity index (χ3n) is 8.56. The van der Waals surface area contributed by atoms with Gasteiger partial charge in [-0.3, -0.25) is 0 Å². The predicted molar refractivity (Wildman–Crippen MR) is 131 cm³/mol. The van der Waals surface area contributed by atoms with Gasteiger partial charge in [0.05, 0.1) is 5.54 Å². The second-order valence-corrected chi connectivity index (χ2v) is 17.0. The minimum absolute atomic E-state index is 0.315. The van der Waals surface area contributed by atoms with Crippen LogP contribution in [0.15, 0.2) is 0 Å². The molecular formula is C25H51N3OSi. The van der Waals surface area contributed by atoms with Gasteiger partial charge in [-0.2, -0.15) is 5.12 Å². The molecule has 30 heavy (non-hydrogen) atoms. The average Bonchev–Trinajstić information content (AvgIpc) is 3.36. The molecule has 0 aromatic carbocycles. The van der Waals surface area contributed by atoms with Crippen LogP contribution in [0.3, 0.4) is 0 Å². The van der Waals surface area contributed by atoms with Crippen molar-refractivity contribution in [1.82, 2.24) is 15.1 Å². The van der Waals surface area contributed by atoms with Crippen molar-refractivity contribution in [3.05, 3.63) is 0 Å². The average molecular weight is 438 g/mol. The van der Waals surface area contributed by atoms with Gasteiger partial charge in [0, 0.05) is 32.8 Å². The predicted octanol–water partition coefficient (Wildman–Crippen LogP) is 6.45. The Morgan fingerprint density at radius 3 is 1.63 bits per heavy atom. The van der Waals surface area contributed by atoms with Gasteiger partial charge in [0.25, 0.3) is 0 Å². The van der Waals surface area contributed by atoms with E-state index in [1.807, 2.05) is 0 Å². The Balaban J connectivity index is 1.64. The highest BCUT2D eigenvalue weighted by Gasteiger charge is 2.57. The summed E-state index contributed by atoms with van der Waals surface area (Å²) in [4.78, 5) is 0. The zero-order chi connectivity index (χ0) is 21.9. The van der Waals surface area contributed by atoms with Crippen molar-refractivity contribution >= 4 is 8.32 Å². The highest BCUT2D eigenvalue weighted by molar-refractivity contribution is 6.77. The lowest BCUT2D eigenvalue weighted by atomic mass is 10.1. The van der Waals surface area contributed by atoms with Crippen LogP contribution >= 0.6 is 0 Å². The first-order chi connectivity index (χ1) is 14.2. The van der Waals surface area contributed by atoms with Gasteiger partial charge in [0.2, 0.25) is 0 Å². The maximum Gasteiger partial charge on any atom is 0.200 e. The van der Waals surface area contributed by atoms with Crippen LogP contribution in [-0.4, -0.2) is 61.8 Å². The quantitative estimate of drug-likeness (QED) is 0.365. The van der Waals surface area contributed by atoms with Crippen molar-refractivity contribution in [2.75, 3.05) is 32.8 Å². The number of nitrogens with zero attached hydrogens (tertiary/aromatic N) is 3. The Hall–Kier alpha value is 0.0569. The molecule has 3 fully saturated rings. The maximum atomic E-state index is 6.92. The fourth-order valence-corrected chi connectivity index (χ4v) is 12.4. The largest absolute Gasteiger partial charge is 0.416 e. The van der Waals surface area contributed by atoms with Crippen molar-refractivity contribution in [2.45, 2.75) is 122 Å². The van der Waals surface area contributed by atoms with E-state index in [2.05, 4.69) is 63.6 Å². The lowest BCUT2D eigenvalue weighted by Gasteiger charge is -2.49. The summed E-state index contributed by atoms with van der Waals surface area (Å²) in [5.74, 6) is 0.777. The van der Waals surface area contributed by atoms with Gasteiger partial charge >= 0.3 is 0 Å². The standard InChI is InChI=1S/C25H51N3OSi/c1-21(2)30(22(3)4,23(5)6)29-19-14-24-20-25(24,7)28(26-15-10-8-11-16-26)27-17-12-9-13-18-27/h21-24H,8-20H2,1-7H3/t24?,25-/m0/s1. The van der Waals surface area contributed by atoms with Gasteiger partial charge in [-0.1, -0.05) is 54.4 Å². The minimum atomic E-state index is -1.74. The summed E-state index contributed by atoms with van der Waals surface area (Å²) >= 11 is 0. The molecule has 2 saturated heterocycles. The zero-order valence-corrected chi connectivity index (χ0v) is 22.3. The highest BCUT2D eigenvalue weighted by atomic mass is 28.4. The summed E-state index contributed by atoms with van der Waals surface area (Å²) in [6, 6.07) is 0. The molecule has 4 nitrogen and oxygen atoms in total. The highest BCUT2D eigenvalue weighted by Crippen LogP contribution is 2.52. The summed E-state index contributed by atoms with van der Waals surface area (Å²) in [6.07, 6.45) is 10.8. The van der Waals surface area contributed by atoms with E-state index in [-0.39, 0.29) is 0 Å². The number of rotatable bonds is 10. The molecule has 1 saturated carbocycles. The van der Waals surface area contributed by atoms with Crippen LogP contribution in [0.5, 0.6) is 0 Å². The van der Waals surface area contributed by atoms with Crippen molar-refractivity contribution in [3.8, 4) is 0 Å². The second kappa shape index (κ2) is 10.3. The van der Waals surface area contributed by atoms with Gasteiger partial charge in [-0.25, -0.2) is 10.0 Å². The molecule has 0 spiro atoms. The summed E-state index contributed by atoms with van der Waals surface area (Å²) < 4.78 is 6.92.